The molecule has 0 aromatic heterocycles. The number of hydrogen-bond donors (Lipinski definition) is 2. The molecule has 94 valence electrons. The number of nitrogens with one attached hydrogen (secondary N) is 2. The molecule has 0 bridgehead atoms. The van der Waals surface area contributed by atoms with Crippen molar-refractivity contribution in [2.75, 3.05) is 27.7 Å². The van der Waals surface area contributed by atoms with Crippen molar-refractivity contribution in [2.24, 2.45) is 4.99 Å². The summed E-state index contributed by atoms with van der Waals surface area (Å²) >= 11 is 0. The molecule has 0 aliphatic rings. The number of hydrogen-bond acceptors (Lipinski definition) is 2. The third kappa shape index (κ3) is 3.98. The van der Waals surface area contributed by atoms with Crippen molar-refractivity contribution >= 4 is 5.96 Å². The number of nitrogens with zero attached hydrogens (tertiary/aromatic N) is 1. The van der Waals surface area contributed by atoms with E-state index in [2.05, 4.69) is 33.8 Å². The molecular formula is C13H21N3O. The van der Waals surface area contributed by atoms with Crippen molar-refractivity contribution in [2.45, 2.75) is 13.3 Å². The van der Waals surface area contributed by atoms with Crippen LogP contribution >= 0.6 is 0 Å². The van der Waals surface area contributed by atoms with Crippen LogP contribution in [0.2, 0.25) is 0 Å². The lowest BCUT2D eigenvalue weighted by Gasteiger charge is -2.10. The normalized spacial score (nSPS) is 11.2. The van der Waals surface area contributed by atoms with Gasteiger partial charge in [-0.05, 0) is 30.5 Å². The molecule has 0 aliphatic heterocycles. The Morgan fingerprint density at radius 2 is 2.18 bits per heavy atom. The van der Waals surface area contributed by atoms with Gasteiger partial charge in [0.2, 0.25) is 0 Å². The molecule has 0 aliphatic carbocycles. The summed E-state index contributed by atoms with van der Waals surface area (Å²) in [5, 5.41) is 6.20. The number of guanidine groups is 1. The van der Waals surface area contributed by atoms with Crippen LogP contribution in [0.1, 0.15) is 11.1 Å². The summed E-state index contributed by atoms with van der Waals surface area (Å²) in [5.41, 5.74) is 2.42. The van der Waals surface area contributed by atoms with Crippen LogP contribution in [0, 0.1) is 6.92 Å². The SMILES string of the molecule is CN=C(NC)NCCc1ccc(C)c(OC)c1. The lowest BCUT2D eigenvalue weighted by atomic mass is 10.1. The Hall–Kier alpha value is -1.71. The van der Waals surface area contributed by atoms with Crippen LogP contribution in [0.25, 0.3) is 0 Å². The topological polar surface area (TPSA) is 45.7 Å². The van der Waals surface area contributed by atoms with Gasteiger partial charge in [0.05, 0.1) is 7.11 Å². The van der Waals surface area contributed by atoms with Crippen molar-refractivity contribution in [3.8, 4) is 5.75 Å². The zero-order chi connectivity index (χ0) is 12.7. The number of benzene rings is 1. The third-order valence-electron chi connectivity index (χ3n) is 2.64. The van der Waals surface area contributed by atoms with Gasteiger partial charge in [-0.3, -0.25) is 4.99 Å². The van der Waals surface area contributed by atoms with E-state index in [0.29, 0.717) is 0 Å². The average molecular weight is 235 g/mol. The molecule has 0 amide bonds. The molecule has 0 saturated heterocycles. The van der Waals surface area contributed by atoms with Crippen LogP contribution in [0.4, 0.5) is 0 Å². The van der Waals surface area contributed by atoms with Gasteiger partial charge in [0.15, 0.2) is 5.96 Å². The number of methoxy groups -OCH3 is 1. The first kappa shape index (κ1) is 13.4. The van der Waals surface area contributed by atoms with Crippen molar-refractivity contribution in [1.29, 1.82) is 0 Å². The van der Waals surface area contributed by atoms with Crippen LogP contribution in [0.5, 0.6) is 5.75 Å². The highest BCUT2D eigenvalue weighted by Crippen LogP contribution is 2.18. The Bertz CT molecular complexity index is 388. The number of aliphatic imine (C=N–C) groups is 1. The van der Waals surface area contributed by atoms with Crippen LogP contribution in [0.3, 0.4) is 0 Å². The zero-order valence-electron chi connectivity index (χ0n) is 11.0. The van der Waals surface area contributed by atoms with Gasteiger partial charge in [-0.25, -0.2) is 0 Å². The van der Waals surface area contributed by atoms with E-state index in [1.807, 2.05) is 14.0 Å². The molecule has 17 heavy (non-hydrogen) atoms. The van der Waals surface area contributed by atoms with Crippen LogP contribution < -0.4 is 15.4 Å². The summed E-state index contributed by atoms with van der Waals surface area (Å²) in [6.07, 6.45) is 0.942. The summed E-state index contributed by atoms with van der Waals surface area (Å²) in [5.74, 6) is 1.75. The van der Waals surface area contributed by atoms with Gasteiger partial charge in [-0.2, -0.15) is 0 Å². The first-order valence-electron chi connectivity index (χ1n) is 5.73. The monoisotopic (exact) mass is 235 g/mol. The highest BCUT2D eigenvalue weighted by atomic mass is 16.5. The molecule has 1 rings (SSSR count). The molecule has 1 aromatic rings. The first-order chi connectivity index (χ1) is 8.21. The van der Waals surface area contributed by atoms with E-state index in [4.69, 9.17) is 4.74 Å². The predicted octanol–water partition coefficient (Wildman–Crippen LogP) is 1.34. The summed E-state index contributed by atoms with van der Waals surface area (Å²) < 4.78 is 5.30. The van der Waals surface area contributed by atoms with E-state index in [1.54, 1.807) is 14.2 Å². The molecule has 4 nitrogen and oxygen atoms in total. The summed E-state index contributed by atoms with van der Waals surface area (Å²) in [6, 6.07) is 6.29. The van der Waals surface area contributed by atoms with Crippen molar-refractivity contribution < 1.29 is 4.74 Å². The molecule has 0 atom stereocenters. The summed E-state index contributed by atoms with van der Waals surface area (Å²) in [4.78, 5) is 4.06. The van der Waals surface area contributed by atoms with Gasteiger partial charge >= 0.3 is 0 Å². The first-order valence-corrected chi connectivity index (χ1v) is 5.73. The van der Waals surface area contributed by atoms with E-state index in [9.17, 15) is 0 Å². The highest BCUT2D eigenvalue weighted by Gasteiger charge is 2.00. The number of aryl methyl sites for hydroxylation is 1. The van der Waals surface area contributed by atoms with Crippen molar-refractivity contribution in [1.82, 2.24) is 10.6 Å². The van der Waals surface area contributed by atoms with E-state index >= 15 is 0 Å². The second kappa shape index (κ2) is 6.78. The fourth-order valence-electron chi connectivity index (χ4n) is 1.62. The molecule has 0 spiro atoms. The molecule has 0 heterocycles. The van der Waals surface area contributed by atoms with E-state index in [0.717, 1.165) is 30.2 Å². The molecule has 0 radical (unpaired) electrons. The van der Waals surface area contributed by atoms with Crippen LogP contribution in [0.15, 0.2) is 23.2 Å². The largest absolute Gasteiger partial charge is 0.496 e. The van der Waals surface area contributed by atoms with E-state index in [-0.39, 0.29) is 0 Å². The van der Waals surface area contributed by atoms with Gasteiger partial charge in [0.1, 0.15) is 5.75 Å². The second-order valence-electron chi connectivity index (χ2n) is 3.80. The van der Waals surface area contributed by atoms with Crippen molar-refractivity contribution in [3.05, 3.63) is 29.3 Å². The average Bonchev–Trinajstić information content (AvgIpc) is 2.36. The van der Waals surface area contributed by atoms with E-state index in [1.165, 1.54) is 5.56 Å². The van der Waals surface area contributed by atoms with Gasteiger partial charge < -0.3 is 15.4 Å². The minimum Gasteiger partial charge on any atom is -0.496 e. The smallest absolute Gasteiger partial charge is 0.190 e. The molecule has 0 unspecified atom stereocenters. The Balaban J connectivity index is 2.52. The molecular weight excluding hydrogens is 214 g/mol. The fraction of sp³-hybridized carbons (Fsp3) is 0.462. The van der Waals surface area contributed by atoms with Gasteiger partial charge in [0.25, 0.3) is 0 Å². The quantitative estimate of drug-likeness (QED) is 0.611. The van der Waals surface area contributed by atoms with Crippen LogP contribution in [-0.4, -0.2) is 33.7 Å². The molecule has 2 N–H and O–H groups in total. The molecule has 0 fully saturated rings. The minimum atomic E-state index is 0.809. The highest BCUT2D eigenvalue weighted by molar-refractivity contribution is 5.79. The van der Waals surface area contributed by atoms with E-state index < -0.39 is 0 Å². The van der Waals surface area contributed by atoms with Gasteiger partial charge in [0, 0.05) is 20.6 Å². The Morgan fingerprint density at radius 1 is 1.41 bits per heavy atom. The predicted molar refractivity (Wildman–Crippen MR) is 71.9 cm³/mol. The van der Waals surface area contributed by atoms with Gasteiger partial charge in [-0.1, -0.05) is 12.1 Å². The maximum Gasteiger partial charge on any atom is 0.190 e. The minimum absolute atomic E-state index is 0.809. The molecule has 1 aromatic carbocycles. The maximum absolute atomic E-state index is 5.30. The number of rotatable bonds is 4. The summed E-state index contributed by atoms with van der Waals surface area (Å²) in [6.45, 7) is 2.89. The van der Waals surface area contributed by atoms with Crippen molar-refractivity contribution in [3.63, 3.8) is 0 Å². The molecule has 4 heteroatoms. The zero-order valence-corrected chi connectivity index (χ0v) is 11.0. The third-order valence-corrected chi connectivity index (χ3v) is 2.64. The van der Waals surface area contributed by atoms with Gasteiger partial charge in [-0.15, -0.1) is 0 Å². The summed E-state index contributed by atoms with van der Waals surface area (Å²) in [7, 11) is 5.31. The maximum atomic E-state index is 5.30. The lowest BCUT2D eigenvalue weighted by Crippen LogP contribution is -2.35. The second-order valence-corrected chi connectivity index (χ2v) is 3.80. The Labute approximate surface area is 103 Å². The lowest BCUT2D eigenvalue weighted by molar-refractivity contribution is 0.411. The Kier molecular flexibility index (Phi) is 5.33. The van der Waals surface area contributed by atoms with Crippen LogP contribution in [-0.2, 0) is 6.42 Å². The fourth-order valence-corrected chi connectivity index (χ4v) is 1.62. The standard InChI is InChI=1S/C13H21N3O/c1-10-5-6-11(9-12(10)17-4)7-8-16-13(14-2)15-3/h5-6,9H,7-8H2,1-4H3,(H2,14,15,16). The number of ether oxygens (including phenoxy) is 1. The molecule has 0 saturated carbocycles. The Morgan fingerprint density at radius 3 is 2.76 bits per heavy atom.